The molecular weight excluding hydrogens is 206 g/mol. The van der Waals surface area contributed by atoms with Crippen molar-refractivity contribution in [3.05, 3.63) is 32.6 Å². The third-order valence-electron chi connectivity index (χ3n) is 3.32. The average molecular weight is 223 g/mol. The van der Waals surface area contributed by atoms with E-state index >= 15 is 0 Å². The maximum atomic E-state index is 11.6. The summed E-state index contributed by atoms with van der Waals surface area (Å²) in [7, 11) is 3.18. The van der Waals surface area contributed by atoms with Crippen LogP contribution in [0, 0.1) is 0 Å². The van der Waals surface area contributed by atoms with Crippen molar-refractivity contribution < 1.29 is 0 Å². The zero-order valence-corrected chi connectivity index (χ0v) is 9.91. The van der Waals surface area contributed by atoms with Gasteiger partial charge in [0, 0.05) is 37.9 Å². The molecule has 0 bridgehead atoms. The van der Waals surface area contributed by atoms with Crippen molar-refractivity contribution in [2.24, 2.45) is 14.1 Å². The van der Waals surface area contributed by atoms with Gasteiger partial charge in [0.05, 0.1) is 0 Å². The van der Waals surface area contributed by atoms with Crippen molar-refractivity contribution in [3.63, 3.8) is 0 Å². The first-order chi connectivity index (χ1) is 7.43. The van der Waals surface area contributed by atoms with E-state index in [9.17, 15) is 9.59 Å². The number of aromatic nitrogens is 2. The molecule has 0 aliphatic heterocycles. The molecule has 0 saturated heterocycles. The van der Waals surface area contributed by atoms with Gasteiger partial charge in [-0.25, -0.2) is 4.79 Å². The normalized spacial score (nSPS) is 17.4. The third-order valence-corrected chi connectivity index (χ3v) is 3.32. The van der Waals surface area contributed by atoms with Crippen LogP contribution in [0.5, 0.6) is 0 Å². The van der Waals surface area contributed by atoms with Gasteiger partial charge in [-0.05, 0) is 19.8 Å². The average Bonchev–Trinajstić information content (AvgIpc) is 2.98. The smallest absolute Gasteiger partial charge is 0.306 e. The molecule has 1 saturated carbocycles. The Morgan fingerprint density at radius 2 is 1.94 bits per heavy atom. The molecule has 0 amide bonds. The van der Waals surface area contributed by atoms with Crippen molar-refractivity contribution in [2.45, 2.75) is 31.8 Å². The van der Waals surface area contributed by atoms with Crippen molar-refractivity contribution in [2.75, 3.05) is 0 Å². The fourth-order valence-corrected chi connectivity index (χ4v) is 1.62. The molecule has 2 rings (SSSR count). The van der Waals surface area contributed by atoms with E-state index in [4.69, 9.17) is 0 Å². The lowest BCUT2D eigenvalue weighted by Crippen LogP contribution is -2.40. The monoisotopic (exact) mass is 223 g/mol. The van der Waals surface area contributed by atoms with Crippen molar-refractivity contribution in [1.82, 2.24) is 14.5 Å². The van der Waals surface area contributed by atoms with Gasteiger partial charge in [0.1, 0.15) is 0 Å². The molecule has 0 unspecified atom stereocenters. The van der Waals surface area contributed by atoms with E-state index in [1.54, 1.807) is 7.05 Å². The van der Waals surface area contributed by atoms with Crippen LogP contribution < -0.4 is 16.6 Å². The number of nitrogens with one attached hydrogen (secondary N) is 1. The van der Waals surface area contributed by atoms with Gasteiger partial charge in [0.15, 0.2) is 0 Å². The van der Waals surface area contributed by atoms with Crippen LogP contribution >= 0.6 is 0 Å². The largest absolute Gasteiger partial charge is 0.330 e. The standard InChI is InChI=1S/C11H17N3O2/c1-11(4-5-11)12-7-8-6-9(15)14(3)10(16)13(8)2/h6,12H,4-5,7H2,1-3H3. The van der Waals surface area contributed by atoms with Crippen molar-refractivity contribution >= 4 is 0 Å². The van der Waals surface area contributed by atoms with Crippen LogP contribution in [-0.4, -0.2) is 14.7 Å². The summed E-state index contributed by atoms with van der Waals surface area (Å²) in [6.07, 6.45) is 2.32. The number of nitrogens with zero attached hydrogens (tertiary/aromatic N) is 2. The molecule has 1 aliphatic carbocycles. The lowest BCUT2D eigenvalue weighted by atomic mass is 10.3. The first kappa shape index (κ1) is 11.1. The Morgan fingerprint density at radius 1 is 1.31 bits per heavy atom. The van der Waals surface area contributed by atoms with E-state index in [-0.39, 0.29) is 16.8 Å². The first-order valence-electron chi connectivity index (χ1n) is 5.44. The van der Waals surface area contributed by atoms with Crippen molar-refractivity contribution in [1.29, 1.82) is 0 Å². The van der Waals surface area contributed by atoms with Gasteiger partial charge >= 0.3 is 5.69 Å². The predicted molar refractivity (Wildman–Crippen MR) is 61.4 cm³/mol. The minimum atomic E-state index is -0.273. The molecule has 0 atom stereocenters. The van der Waals surface area contributed by atoms with Crippen LogP contribution in [0.3, 0.4) is 0 Å². The van der Waals surface area contributed by atoms with Crippen LogP contribution in [0.1, 0.15) is 25.5 Å². The molecule has 1 heterocycles. The summed E-state index contributed by atoms with van der Waals surface area (Å²) in [6.45, 7) is 2.71. The molecule has 16 heavy (non-hydrogen) atoms. The highest BCUT2D eigenvalue weighted by Crippen LogP contribution is 2.34. The van der Waals surface area contributed by atoms with Gasteiger partial charge in [-0.1, -0.05) is 0 Å². The van der Waals surface area contributed by atoms with E-state index in [1.807, 2.05) is 0 Å². The van der Waals surface area contributed by atoms with E-state index in [0.717, 1.165) is 23.1 Å². The van der Waals surface area contributed by atoms with Gasteiger partial charge in [-0.15, -0.1) is 0 Å². The minimum absolute atomic E-state index is 0.205. The SMILES string of the molecule is Cn1c(CNC2(C)CC2)cc(=O)n(C)c1=O. The molecule has 1 aromatic rings. The van der Waals surface area contributed by atoms with Crippen LogP contribution in [0.4, 0.5) is 0 Å². The second kappa shape index (κ2) is 3.59. The predicted octanol–water partition coefficient (Wildman–Crippen LogP) is -0.274. The van der Waals surface area contributed by atoms with Gasteiger partial charge < -0.3 is 5.32 Å². The fraction of sp³-hybridized carbons (Fsp3) is 0.636. The number of hydrogen-bond donors (Lipinski definition) is 1. The highest BCUT2D eigenvalue weighted by Gasteiger charge is 2.36. The quantitative estimate of drug-likeness (QED) is 0.767. The molecule has 88 valence electrons. The summed E-state index contributed by atoms with van der Waals surface area (Å²) in [5.41, 5.74) is 0.421. The van der Waals surface area contributed by atoms with Crippen molar-refractivity contribution in [3.8, 4) is 0 Å². The summed E-state index contributed by atoms with van der Waals surface area (Å²) in [5.74, 6) is 0. The van der Waals surface area contributed by atoms with Crippen LogP contribution in [0.25, 0.3) is 0 Å². The molecule has 0 spiro atoms. The summed E-state index contributed by atoms with van der Waals surface area (Å²) < 4.78 is 2.63. The summed E-state index contributed by atoms with van der Waals surface area (Å²) in [6, 6.07) is 1.51. The molecule has 1 fully saturated rings. The summed E-state index contributed by atoms with van der Waals surface area (Å²) >= 11 is 0. The third kappa shape index (κ3) is 1.95. The van der Waals surface area contributed by atoms with E-state index in [0.29, 0.717) is 6.54 Å². The Labute approximate surface area is 93.7 Å². The second-order valence-electron chi connectivity index (χ2n) is 4.79. The molecule has 0 aromatic carbocycles. The Kier molecular flexibility index (Phi) is 2.50. The highest BCUT2D eigenvalue weighted by atomic mass is 16.2. The molecule has 0 radical (unpaired) electrons. The van der Waals surface area contributed by atoms with Crippen LogP contribution in [0.2, 0.25) is 0 Å². The zero-order chi connectivity index (χ0) is 11.9. The Balaban J connectivity index is 2.27. The lowest BCUT2D eigenvalue weighted by Gasteiger charge is -2.14. The highest BCUT2D eigenvalue weighted by molar-refractivity contribution is 5.05. The van der Waals surface area contributed by atoms with Crippen LogP contribution in [-0.2, 0) is 20.6 Å². The summed E-state index contributed by atoms with van der Waals surface area (Å²) in [4.78, 5) is 23.1. The number of hydrogen-bond acceptors (Lipinski definition) is 3. The first-order valence-corrected chi connectivity index (χ1v) is 5.44. The van der Waals surface area contributed by atoms with Gasteiger partial charge in [-0.2, -0.15) is 0 Å². The Hall–Kier alpha value is -1.36. The molecule has 1 aromatic heterocycles. The maximum Gasteiger partial charge on any atom is 0.330 e. The molecule has 1 N–H and O–H groups in total. The number of rotatable bonds is 3. The van der Waals surface area contributed by atoms with Gasteiger partial charge in [0.25, 0.3) is 5.56 Å². The lowest BCUT2D eigenvalue weighted by molar-refractivity contribution is 0.512. The Bertz CT molecular complexity index is 523. The zero-order valence-electron chi connectivity index (χ0n) is 9.91. The van der Waals surface area contributed by atoms with E-state index in [1.165, 1.54) is 17.7 Å². The molecule has 5 nitrogen and oxygen atoms in total. The molecule has 1 aliphatic rings. The van der Waals surface area contributed by atoms with Gasteiger partial charge in [0.2, 0.25) is 0 Å². The Morgan fingerprint density at radius 3 is 2.50 bits per heavy atom. The summed E-state index contributed by atoms with van der Waals surface area (Å²) in [5, 5.41) is 3.36. The van der Waals surface area contributed by atoms with Gasteiger partial charge in [-0.3, -0.25) is 13.9 Å². The minimum Gasteiger partial charge on any atom is -0.306 e. The second-order valence-corrected chi connectivity index (χ2v) is 4.79. The fourth-order valence-electron chi connectivity index (χ4n) is 1.62. The van der Waals surface area contributed by atoms with E-state index < -0.39 is 0 Å². The maximum absolute atomic E-state index is 11.6. The topological polar surface area (TPSA) is 56.0 Å². The molecular formula is C11H17N3O2. The van der Waals surface area contributed by atoms with E-state index in [2.05, 4.69) is 12.2 Å². The van der Waals surface area contributed by atoms with Crippen LogP contribution in [0.15, 0.2) is 15.7 Å². The molecule has 5 heteroatoms.